The van der Waals surface area contributed by atoms with E-state index in [4.69, 9.17) is 15.2 Å². The van der Waals surface area contributed by atoms with Gasteiger partial charge in [0.2, 0.25) is 0 Å². The van der Waals surface area contributed by atoms with E-state index in [1.54, 1.807) is 19.1 Å². The molecule has 7 nitrogen and oxygen atoms in total. The molecule has 7 heteroatoms. The van der Waals surface area contributed by atoms with Crippen molar-refractivity contribution in [2.24, 2.45) is 59.0 Å². The largest absolute Gasteiger partial charge is 0.462 e. The maximum atomic E-state index is 12.1. The third-order valence-corrected chi connectivity index (χ3v) is 9.44. The molecule has 1 fully saturated rings. The van der Waals surface area contributed by atoms with Gasteiger partial charge in [0.25, 0.3) is 0 Å². The van der Waals surface area contributed by atoms with Crippen LogP contribution < -0.4 is 5.73 Å². The van der Waals surface area contributed by atoms with Crippen LogP contribution in [-0.4, -0.2) is 46.7 Å². The van der Waals surface area contributed by atoms with E-state index >= 15 is 0 Å². The Bertz CT molecular complexity index is 957. The molecule has 0 saturated carbocycles. The number of nitrogens with two attached hydrogens (primary N) is 1. The Morgan fingerprint density at radius 2 is 1.64 bits per heavy atom. The molecule has 13 atom stereocenters. The molecule has 1 saturated heterocycles. The number of primary amides is 1. The third kappa shape index (κ3) is 11.4. The molecule has 240 valence electrons. The molecule has 0 aromatic heterocycles. The van der Waals surface area contributed by atoms with Crippen molar-refractivity contribution >= 4 is 12.1 Å². The van der Waals surface area contributed by atoms with Gasteiger partial charge in [0.15, 0.2) is 0 Å². The average molecular weight is 590 g/mol. The zero-order valence-corrected chi connectivity index (χ0v) is 27.7. The van der Waals surface area contributed by atoms with Gasteiger partial charge in [0.05, 0.1) is 18.1 Å². The minimum Gasteiger partial charge on any atom is -0.462 e. The second kappa shape index (κ2) is 17.7. The Labute approximate surface area is 255 Å². The van der Waals surface area contributed by atoms with E-state index in [-0.39, 0.29) is 41.7 Å². The van der Waals surface area contributed by atoms with Gasteiger partial charge >= 0.3 is 12.1 Å². The zero-order chi connectivity index (χ0) is 32.3. The number of allylic oxidation sites excluding steroid dienone is 6. The Kier molecular flexibility index (Phi) is 15.8. The second-order valence-electron chi connectivity index (χ2n) is 13.2. The molecule has 0 spiro atoms. The number of esters is 1. The first kappa shape index (κ1) is 37.6. The Morgan fingerprint density at radius 1 is 1.02 bits per heavy atom. The van der Waals surface area contributed by atoms with Crippen molar-refractivity contribution in [2.75, 3.05) is 0 Å². The summed E-state index contributed by atoms with van der Waals surface area (Å²) in [5.74, 6) is -0.0703. The van der Waals surface area contributed by atoms with E-state index in [9.17, 15) is 19.8 Å². The highest BCUT2D eigenvalue weighted by molar-refractivity contribution is 5.73. The van der Waals surface area contributed by atoms with Gasteiger partial charge in [-0.15, -0.1) is 0 Å². The second-order valence-corrected chi connectivity index (χ2v) is 13.2. The molecular formula is C35H59NO6. The lowest BCUT2D eigenvalue weighted by Gasteiger charge is -2.37. The summed E-state index contributed by atoms with van der Waals surface area (Å²) in [4.78, 5) is 23.6. The van der Waals surface area contributed by atoms with E-state index < -0.39 is 30.3 Å². The Hall–Kier alpha value is -2.38. The van der Waals surface area contributed by atoms with Gasteiger partial charge < -0.3 is 25.4 Å². The number of aliphatic hydroxyl groups is 2. The van der Waals surface area contributed by atoms with E-state index in [1.165, 1.54) is 5.57 Å². The Balaban J connectivity index is 2.76. The highest BCUT2D eigenvalue weighted by atomic mass is 16.6. The molecule has 0 radical (unpaired) electrons. The van der Waals surface area contributed by atoms with Gasteiger partial charge in [-0.1, -0.05) is 104 Å². The van der Waals surface area contributed by atoms with Crippen molar-refractivity contribution in [2.45, 2.75) is 106 Å². The van der Waals surface area contributed by atoms with E-state index in [2.05, 4.69) is 59.4 Å². The fraction of sp³-hybridized carbons (Fsp3) is 0.714. The van der Waals surface area contributed by atoms with Crippen LogP contribution in [0.5, 0.6) is 0 Å². The first-order chi connectivity index (χ1) is 19.5. The van der Waals surface area contributed by atoms with Gasteiger partial charge in [-0.05, 0) is 56.3 Å². The summed E-state index contributed by atoms with van der Waals surface area (Å²) in [6, 6.07) is 0. The molecule has 0 unspecified atom stereocenters. The molecular weight excluding hydrogens is 530 g/mol. The van der Waals surface area contributed by atoms with Crippen LogP contribution in [0.4, 0.5) is 4.79 Å². The van der Waals surface area contributed by atoms with E-state index in [0.29, 0.717) is 24.2 Å². The van der Waals surface area contributed by atoms with Crippen molar-refractivity contribution in [1.29, 1.82) is 0 Å². The smallest absolute Gasteiger partial charge is 0.404 e. The summed E-state index contributed by atoms with van der Waals surface area (Å²) in [7, 11) is 0. The van der Waals surface area contributed by atoms with Crippen LogP contribution in [0.25, 0.3) is 0 Å². The van der Waals surface area contributed by atoms with Gasteiger partial charge in [-0.2, -0.15) is 0 Å². The van der Waals surface area contributed by atoms with Crippen LogP contribution in [0.1, 0.15) is 82.1 Å². The van der Waals surface area contributed by atoms with Gasteiger partial charge in [0.1, 0.15) is 12.2 Å². The fourth-order valence-corrected chi connectivity index (χ4v) is 6.11. The van der Waals surface area contributed by atoms with Crippen LogP contribution in [0.2, 0.25) is 0 Å². The van der Waals surface area contributed by atoms with Crippen LogP contribution in [-0.2, 0) is 14.3 Å². The summed E-state index contributed by atoms with van der Waals surface area (Å²) >= 11 is 0. The van der Waals surface area contributed by atoms with Crippen LogP contribution in [0.15, 0.2) is 48.6 Å². The molecule has 1 aliphatic rings. The number of hydrogen-bond acceptors (Lipinski definition) is 6. The highest BCUT2D eigenvalue weighted by Crippen LogP contribution is 2.32. The summed E-state index contributed by atoms with van der Waals surface area (Å²) in [5.41, 5.74) is 6.55. The Morgan fingerprint density at radius 3 is 2.21 bits per heavy atom. The normalized spacial score (nSPS) is 28.3. The number of hydrogen-bond donors (Lipinski definition) is 3. The molecule has 0 aromatic rings. The number of aliphatic hydroxyl groups excluding tert-OH is 2. The van der Waals surface area contributed by atoms with Crippen molar-refractivity contribution in [3.05, 3.63) is 48.6 Å². The molecule has 1 rings (SSSR count). The van der Waals surface area contributed by atoms with Crippen molar-refractivity contribution in [1.82, 2.24) is 0 Å². The molecule has 0 bridgehead atoms. The fourth-order valence-electron chi connectivity index (χ4n) is 6.11. The summed E-state index contributed by atoms with van der Waals surface area (Å²) in [6.07, 6.45) is 10.5. The maximum absolute atomic E-state index is 12.1. The molecule has 0 aromatic carbocycles. The van der Waals surface area contributed by atoms with Crippen LogP contribution >= 0.6 is 0 Å². The van der Waals surface area contributed by atoms with Crippen LogP contribution in [0.3, 0.4) is 0 Å². The van der Waals surface area contributed by atoms with Crippen LogP contribution in [0, 0.1) is 53.3 Å². The zero-order valence-electron chi connectivity index (χ0n) is 27.7. The SMILES string of the molecule is C=C/C=C\[C@H](C)[C@H](OC(N)=O)[C@@H](C)[C@H](O)[C@@H](C)C/C(C)=C\[C@H](C)[C@@H](C)[C@@H](C)/C=C\[C@@H](C)C[C@@H]1OC(=O)[C@H](C)[C@@H](O)[C@H]1C. The molecule has 1 amide bonds. The minimum atomic E-state index is -0.845. The lowest BCUT2D eigenvalue weighted by Crippen LogP contribution is -2.47. The first-order valence-electron chi connectivity index (χ1n) is 15.7. The predicted octanol–water partition coefficient (Wildman–Crippen LogP) is 6.85. The topological polar surface area (TPSA) is 119 Å². The van der Waals surface area contributed by atoms with Crippen molar-refractivity contribution < 1.29 is 29.3 Å². The molecule has 4 N–H and O–H groups in total. The lowest BCUT2D eigenvalue weighted by atomic mass is 9.80. The van der Waals surface area contributed by atoms with Gasteiger partial charge in [-0.3, -0.25) is 4.79 Å². The summed E-state index contributed by atoms with van der Waals surface area (Å²) in [6.45, 7) is 24.1. The first-order valence-corrected chi connectivity index (χ1v) is 15.7. The highest BCUT2D eigenvalue weighted by Gasteiger charge is 2.40. The average Bonchev–Trinajstić information content (AvgIpc) is 2.93. The number of carbonyl (C=O) groups is 2. The molecule has 42 heavy (non-hydrogen) atoms. The molecule has 0 aliphatic carbocycles. The van der Waals surface area contributed by atoms with Gasteiger partial charge in [0, 0.05) is 17.8 Å². The monoisotopic (exact) mass is 589 g/mol. The predicted molar refractivity (Wildman–Crippen MR) is 170 cm³/mol. The number of amides is 1. The maximum Gasteiger partial charge on any atom is 0.404 e. The standard InChI is InChI=1S/C35H59NO6/c1-12-13-14-23(5)33(42-35(36)40)28(10)31(37)25(7)18-21(3)17-24(6)26(8)22(4)16-15-20(2)19-30-27(9)32(38)29(11)34(39)41-30/h12-17,20,22-33,37-38H,1,18-19H2,2-11H3,(H2,36,40)/b14-13-,16-15-,21-17-/t20-,22+,23+,24+,25+,26+,27+,28+,29-,30+,31-,32+,33+/m1/s1. The van der Waals surface area contributed by atoms with Crippen molar-refractivity contribution in [3.63, 3.8) is 0 Å². The molecule has 1 heterocycles. The van der Waals surface area contributed by atoms with E-state index in [0.717, 1.165) is 6.42 Å². The number of carbonyl (C=O) groups excluding carboxylic acids is 2. The third-order valence-electron chi connectivity index (χ3n) is 9.44. The minimum absolute atomic E-state index is 0.0377. The van der Waals surface area contributed by atoms with E-state index in [1.807, 2.05) is 33.8 Å². The van der Waals surface area contributed by atoms with Crippen molar-refractivity contribution in [3.8, 4) is 0 Å². The molecule has 1 aliphatic heterocycles. The summed E-state index contributed by atoms with van der Waals surface area (Å²) < 4.78 is 11.0. The number of ether oxygens (including phenoxy) is 2. The quantitative estimate of drug-likeness (QED) is 0.103. The lowest BCUT2D eigenvalue weighted by molar-refractivity contribution is -0.178. The number of rotatable bonds is 16. The number of cyclic esters (lactones) is 1. The van der Waals surface area contributed by atoms with Gasteiger partial charge in [-0.25, -0.2) is 4.79 Å². The summed E-state index contributed by atoms with van der Waals surface area (Å²) in [5, 5.41) is 21.5.